The number of carbonyl (C=O) groups is 2. The van der Waals surface area contributed by atoms with Crippen molar-refractivity contribution in [2.45, 2.75) is 32.2 Å². The first kappa shape index (κ1) is 19.7. The average molecular weight is 345 g/mol. The van der Waals surface area contributed by atoms with Gasteiger partial charge in [-0.25, -0.2) is 18.4 Å². The second kappa shape index (κ2) is 9.69. The van der Waals surface area contributed by atoms with Crippen molar-refractivity contribution in [2.75, 3.05) is 20.8 Å². The van der Waals surface area contributed by atoms with E-state index in [1.165, 1.54) is 7.11 Å². The van der Waals surface area contributed by atoms with Gasteiger partial charge in [-0.15, -0.1) is 0 Å². The first-order chi connectivity index (χ1) is 11.4. The van der Waals surface area contributed by atoms with E-state index in [0.29, 0.717) is 6.42 Å². The van der Waals surface area contributed by atoms with Crippen LogP contribution in [0.15, 0.2) is 12.1 Å². The molecule has 6 nitrogen and oxygen atoms in total. The summed E-state index contributed by atoms with van der Waals surface area (Å²) in [5.41, 5.74) is -0.361. The highest BCUT2D eigenvalue weighted by molar-refractivity contribution is 5.81. The van der Waals surface area contributed by atoms with Gasteiger partial charge in [-0.05, 0) is 6.42 Å². The Morgan fingerprint density at radius 2 is 1.83 bits per heavy atom. The number of unbranched alkanes of at least 4 members (excludes halogenated alkanes) is 1. The number of hydrogen-bond acceptors (Lipinski definition) is 5. The topological polar surface area (TPSA) is 73.9 Å². The van der Waals surface area contributed by atoms with E-state index >= 15 is 0 Å². The molecule has 0 fully saturated rings. The van der Waals surface area contributed by atoms with Crippen LogP contribution in [0.2, 0.25) is 0 Å². The molecule has 1 rings (SSSR count). The standard InChI is InChI=1S/C16H21F2NO5/c1-4-5-6-24-16(21)19-14(15(20)23-3)9-11-12(17)7-10(22-2)8-13(11)18/h7-8,14H,4-6,9H2,1-3H3,(H,19,21). The summed E-state index contributed by atoms with van der Waals surface area (Å²) in [5.74, 6) is -2.60. The minimum absolute atomic E-state index is 0.00954. The van der Waals surface area contributed by atoms with E-state index < -0.39 is 36.2 Å². The zero-order valence-electron chi connectivity index (χ0n) is 13.9. The lowest BCUT2D eigenvalue weighted by molar-refractivity contribution is -0.143. The highest BCUT2D eigenvalue weighted by Crippen LogP contribution is 2.22. The van der Waals surface area contributed by atoms with Crippen LogP contribution >= 0.6 is 0 Å². The summed E-state index contributed by atoms with van der Waals surface area (Å²) >= 11 is 0. The molecule has 0 saturated heterocycles. The van der Waals surface area contributed by atoms with E-state index in [1.54, 1.807) is 0 Å². The summed E-state index contributed by atoms with van der Waals surface area (Å²) in [4.78, 5) is 23.4. The SMILES string of the molecule is CCCCOC(=O)NC(Cc1c(F)cc(OC)cc1F)C(=O)OC. The third-order valence-corrected chi connectivity index (χ3v) is 3.27. The summed E-state index contributed by atoms with van der Waals surface area (Å²) in [6.45, 7) is 2.11. The highest BCUT2D eigenvalue weighted by atomic mass is 19.1. The van der Waals surface area contributed by atoms with Crippen LogP contribution in [0.4, 0.5) is 13.6 Å². The fourth-order valence-corrected chi connectivity index (χ4v) is 1.93. The van der Waals surface area contributed by atoms with Gasteiger partial charge in [0.15, 0.2) is 0 Å². The first-order valence-electron chi connectivity index (χ1n) is 7.45. The maximum atomic E-state index is 14.0. The average Bonchev–Trinajstić information content (AvgIpc) is 2.56. The molecule has 8 heteroatoms. The minimum Gasteiger partial charge on any atom is -0.497 e. The summed E-state index contributed by atoms with van der Waals surface area (Å²) in [5, 5.41) is 2.26. The third-order valence-electron chi connectivity index (χ3n) is 3.27. The maximum Gasteiger partial charge on any atom is 0.407 e. The predicted molar refractivity (Wildman–Crippen MR) is 81.8 cm³/mol. The molecule has 24 heavy (non-hydrogen) atoms. The number of ether oxygens (including phenoxy) is 3. The number of carbonyl (C=O) groups excluding carboxylic acids is 2. The summed E-state index contributed by atoms with van der Waals surface area (Å²) in [6, 6.07) is 0.708. The smallest absolute Gasteiger partial charge is 0.407 e. The van der Waals surface area contributed by atoms with Gasteiger partial charge in [0.25, 0.3) is 0 Å². The normalized spacial score (nSPS) is 11.5. The van der Waals surface area contributed by atoms with Crippen LogP contribution in [-0.4, -0.2) is 38.9 Å². The largest absolute Gasteiger partial charge is 0.497 e. The fourth-order valence-electron chi connectivity index (χ4n) is 1.93. The molecule has 1 N–H and O–H groups in total. The molecule has 0 spiro atoms. The van der Waals surface area contributed by atoms with Gasteiger partial charge in [0.05, 0.1) is 20.8 Å². The van der Waals surface area contributed by atoms with Crippen molar-refractivity contribution >= 4 is 12.1 Å². The molecular weight excluding hydrogens is 324 g/mol. The Balaban J connectivity index is 2.87. The lowest BCUT2D eigenvalue weighted by Crippen LogP contribution is -2.43. The molecule has 134 valence electrons. The number of benzene rings is 1. The van der Waals surface area contributed by atoms with Crippen LogP contribution in [0.1, 0.15) is 25.3 Å². The van der Waals surface area contributed by atoms with Crippen molar-refractivity contribution in [2.24, 2.45) is 0 Å². The number of esters is 1. The Kier molecular flexibility index (Phi) is 7.94. The molecule has 0 heterocycles. The van der Waals surface area contributed by atoms with Crippen LogP contribution in [0, 0.1) is 11.6 Å². The monoisotopic (exact) mass is 345 g/mol. The molecule has 1 aromatic carbocycles. The van der Waals surface area contributed by atoms with Gasteiger partial charge in [-0.3, -0.25) is 0 Å². The molecule has 0 bridgehead atoms. The molecule has 1 atom stereocenters. The maximum absolute atomic E-state index is 14.0. The Labute approximate surface area is 139 Å². The van der Waals surface area contributed by atoms with Crippen molar-refractivity contribution in [1.29, 1.82) is 0 Å². The van der Waals surface area contributed by atoms with E-state index in [2.05, 4.69) is 10.1 Å². The van der Waals surface area contributed by atoms with Gasteiger partial charge in [-0.2, -0.15) is 0 Å². The van der Waals surface area contributed by atoms with Crippen molar-refractivity contribution < 1.29 is 32.6 Å². The van der Waals surface area contributed by atoms with E-state index in [0.717, 1.165) is 25.7 Å². The number of halogens is 2. The molecule has 1 unspecified atom stereocenters. The van der Waals surface area contributed by atoms with E-state index in [4.69, 9.17) is 9.47 Å². The number of nitrogens with one attached hydrogen (secondary N) is 1. The zero-order chi connectivity index (χ0) is 18.1. The van der Waals surface area contributed by atoms with Gasteiger partial charge in [-0.1, -0.05) is 13.3 Å². The fraction of sp³-hybridized carbons (Fsp3) is 0.500. The second-order valence-corrected chi connectivity index (χ2v) is 4.98. The lowest BCUT2D eigenvalue weighted by Gasteiger charge is -2.17. The summed E-state index contributed by atoms with van der Waals surface area (Å²) in [6.07, 6.45) is 0.221. The minimum atomic E-state index is -1.28. The summed E-state index contributed by atoms with van der Waals surface area (Å²) in [7, 11) is 2.39. The van der Waals surface area contributed by atoms with Crippen molar-refractivity contribution in [3.63, 3.8) is 0 Å². The first-order valence-corrected chi connectivity index (χ1v) is 7.45. The quantitative estimate of drug-likeness (QED) is 0.579. The van der Waals surface area contributed by atoms with Crippen molar-refractivity contribution in [3.8, 4) is 5.75 Å². The lowest BCUT2D eigenvalue weighted by atomic mass is 10.0. The molecule has 1 amide bonds. The number of rotatable bonds is 8. The van der Waals surface area contributed by atoms with Crippen LogP contribution < -0.4 is 10.1 Å². The predicted octanol–water partition coefficient (Wildman–Crippen LogP) is 2.58. The molecule has 1 aromatic rings. The third kappa shape index (κ3) is 5.68. The molecule has 0 radical (unpaired) electrons. The second-order valence-electron chi connectivity index (χ2n) is 4.98. The van der Waals surface area contributed by atoms with Crippen LogP contribution in [0.25, 0.3) is 0 Å². The van der Waals surface area contributed by atoms with Gasteiger partial charge in [0.2, 0.25) is 0 Å². The Morgan fingerprint density at radius 3 is 2.33 bits per heavy atom. The number of methoxy groups -OCH3 is 2. The van der Waals surface area contributed by atoms with E-state index in [9.17, 15) is 18.4 Å². The Hall–Kier alpha value is -2.38. The molecule has 0 aliphatic rings. The van der Waals surface area contributed by atoms with Crippen LogP contribution in [-0.2, 0) is 20.7 Å². The van der Waals surface area contributed by atoms with Gasteiger partial charge < -0.3 is 19.5 Å². The van der Waals surface area contributed by atoms with E-state index in [1.807, 2.05) is 6.92 Å². The van der Waals surface area contributed by atoms with Gasteiger partial charge in [0, 0.05) is 24.1 Å². The van der Waals surface area contributed by atoms with Crippen molar-refractivity contribution in [1.82, 2.24) is 5.32 Å². The van der Waals surface area contributed by atoms with Crippen LogP contribution in [0.3, 0.4) is 0 Å². The Bertz CT molecular complexity index is 557. The van der Waals surface area contributed by atoms with Crippen molar-refractivity contribution in [3.05, 3.63) is 29.3 Å². The molecular formula is C16H21F2NO5. The van der Waals surface area contributed by atoms with Gasteiger partial charge >= 0.3 is 12.1 Å². The summed E-state index contributed by atoms with van der Waals surface area (Å²) < 4.78 is 42.2. The zero-order valence-corrected chi connectivity index (χ0v) is 13.9. The number of hydrogen-bond donors (Lipinski definition) is 1. The number of alkyl carbamates (subject to hydrolysis) is 1. The van der Waals surface area contributed by atoms with Gasteiger partial charge in [0.1, 0.15) is 23.4 Å². The Morgan fingerprint density at radius 1 is 1.21 bits per heavy atom. The van der Waals surface area contributed by atoms with E-state index in [-0.39, 0.29) is 17.9 Å². The molecule has 0 aliphatic carbocycles. The molecule has 0 aliphatic heterocycles. The molecule has 0 saturated carbocycles. The molecule has 0 aromatic heterocycles. The highest BCUT2D eigenvalue weighted by Gasteiger charge is 2.26. The van der Waals surface area contributed by atoms with Crippen LogP contribution in [0.5, 0.6) is 5.75 Å². The number of amides is 1.